The van der Waals surface area contributed by atoms with Gasteiger partial charge in [0.1, 0.15) is 5.82 Å². The van der Waals surface area contributed by atoms with Gasteiger partial charge in [-0.25, -0.2) is 4.39 Å². The van der Waals surface area contributed by atoms with Crippen molar-refractivity contribution >= 4 is 5.69 Å². The molecule has 0 atom stereocenters. The van der Waals surface area contributed by atoms with Gasteiger partial charge in [0.25, 0.3) is 0 Å². The minimum absolute atomic E-state index is 0.0145. The summed E-state index contributed by atoms with van der Waals surface area (Å²) in [4.78, 5) is 0. The summed E-state index contributed by atoms with van der Waals surface area (Å²) in [5.41, 5.74) is 1.52. The zero-order chi connectivity index (χ0) is 12.5. The molecule has 17 heavy (non-hydrogen) atoms. The molecular weight excluding hydrogens is 221 g/mol. The number of benzene rings is 1. The molecule has 0 amide bonds. The highest BCUT2D eigenvalue weighted by Crippen LogP contribution is 2.21. The Labute approximate surface area is 101 Å². The van der Waals surface area contributed by atoms with Crippen molar-refractivity contribution in [3.63, 3.8) is 0 Å². The summed E-state index contributed by atoms with van der Waals surface area (Å²) < 4.78 is 24.6. The van der Waals surface area contributed by atoms with Gasteiger partial charge in [0.15, 0.2) is 5.79 Å². The second kappa shape index (κ2) is 4.63. The number of aryl methyl sites for hydroxylation is 1. The van der Waals surface area contributed by atoms with Crippen LogP contribution >= 0.6 is 0 Å². The van der Waals surface area contributed by atoms with Crippen LogP contribution in [0.15, 0.2) is 18.2 Å². The van der Waals surface area contributed by atoms with Gasteiger partial charge in [0, 0.05) is 0 Å². The van der Waals surface area contributed by atoms with Crippen LogP contribution in [-0.4, -0.2) is 25.0 Å². The average molecular weight is 239 g/mol. The lowest BCUT2D eigenvalue weighted by Gasteiger charge is -2.35. The van der Waals surface area contributed by atoms with E-state index in [2.05, 4.69) is 5.32 Å². The third-order valence-electron chi connectivity index (χ3n) is 2.75. The molecular formula is C13H18FNO2. The third kappa shape index (κ3) is 3.17. The Kier molecular flexibility index (Phi) is 3.35. The molecule has 1 N–H and O–H groups in total. The highest BCUT2D eigenvalue weighted by molar-refractivity contribution is 5.47. The summed E-state index contributed by atoms with van der Waals surface area (Å²) in [6, 6.07) is 4.98. The van der Waals surface area contributed by atoms with Crippen molar-refractivity contribution in [1.29, 1.82) is 0 Å². The fourth-order valence-electron chi connectivity index (χ4n) is 1.75. The maximum atomic E-state index is 13.5. The summed E-state index contributed by atoms with van der Waals surface area (Å²) in [7, 11) is 0. The van der Waals surface area contributed by atoms with Crippen molar-refractivity contribution in [3.8, 4) is 0 Å². The van der Waals surface area contributed by atoms with Crippen molar-refractivity contribution in [2.45, 2.75) is 32.6 Å². The van der Waals surface area contributed by atoms with E-state index in [1.807, 2.05) is 20.8 Å². The summed E-state index contributed by atoms with van der Waals surface area (Å²) in [6.07, 6.45) is 0. The molecule has 0 unspecified atom stereocenters. The van der Waals surface area contributed by atoms with Crippen molar-refractivity contribution in [3.05, 3.63) is 29.6 Å². The van der Waals surface area contributed by atoms with E-state index in [4.69, 9.17) is 9.47 Å². The molecule has 1 aromatic rings. The summed E-state index contributed by atoms with van der Waals surface area (Å²) in [5, 5.41) is 3.10. The Morgan fingerprint density at radius 2 is 1.94 bits per heavy atom. The number of anilines is 1. The third-order valence-corrected chi connectivity index (χ3v) is 2.75. The van der Waals surface area contributed by atoms with E-state index in [-0.39, 0.29) is 11.9 Å². The van der Waals surface area contributed by atoms with Crippen LogP contribution in [0.2, 0.25) is 0 Å². The van der Waals surface area contributed by atoms with Crippen molar-refractivity contribution in [2.24, 2.45) is 0 Å². The second-order valence-corrected chi connectivity index (χ2v) is 4.85. The van der Waals surface area contributed by atoms with E-state index in [0.29, 0.717) is 18.9 Å². The van der Waals surface area contributed by atoms with E-state index >= 15 is 0 Å². The Hall–Kier alpha value is -1.13. The molecule has 1 aliphatic rings. The molecule has 0 spiro atoms. The summed E-state index contributed by atoms with van der Waals surface area (Å²) in [6.45, 7) is 6.70. The Bertz CT molecular complexity index is 396. The molecule has 1 fully saturated rings. The fourth-order valence-corrected chi connectivity index (χ4v) is 1.75. The Balaban J connectivity index is 2.00. The fraction of sp³-hybridized carbons (Fsp3) is 0.538. The molecule has 0 bridgehead atoms. The number of ether oxygens (including phenoxy) is 2. The van der Waals surface area contributed by atoms with Gasteiger partial charge in [0.2, 0.25) is 0 Å². The highest BCUT2D eigenvalue weighted by atomic mass is 19.1. The predicted octanol–water partition coefficient (Wildman–Crippen LogP) is 2.70. The quantitative estimate of drug-likeness (QED) is 0.860. The number of rotatable bonds is 2. The first-order chi connectivity index (χ1) is 7.96. The average Bonchev–Trinajstić information content (AvgIpc) is 2.26. The molecule has 0 radical (unpaired) electrons. The monoisotopic (exact) mass is 239 g/mol. The van der Waals surface area contributed by atoms with Gasteiger partial charge >= 0.3 is 0 Å². The molecule has 0 saturated carbocycles. The van der Waals surface area contributed by atoms with E-state index in [1.165, 1.54) is 6.07 Å². The highest BCUT2D eigenvalue weighted by Gasteiger charge is 2.28. The predicted molar refractivity (Wildman–Crippen MR) is 64.5 cm³/mol. The normalized spacial score (nSPS) is 20.2. The number of hydrogen-bond acceptors (Lipinski definition) is 3. The summed E-state index contributed by atoms with van der Waals surface area (Å²) in [5.74, 6) is -0.788. The lowest BCUT2D eigenvalue weighted by atomic mass is 10.2. The van der Waals surface area contributed by atoms with Crippen LogP contribution in [0.5, 0.6) is 0 Å². The first-order valence-corrected chi connectivity index (χ1v) is 5.77. The molecule has 2 rings (SSSR count). The number of halogens is 1. The van der Waals surface area contributed by atoms with Gasteiger partial charge in [-0.2, -0.15) is 0 Å². The minimum Gasteiger partial charge on any atom is -0.375 e. The standard InChI is InChI=1S/C13H18FNO2/c1-9-4-5-11(14)12(6-9)15-10-7-16-13(2,3)17-8-10/h4-6,10,15H,7-8H2,1-3H3. The SMILES string of the molecule is Cc1ccc(F)c(NC2COC(C)(C)OC2)c1. The number of nitrogens with one attached hydrogen (secondary N) is 1. The smallest absolute Gasteiger partial charge is 0.162 e. The lowest BCUT2D eigenvalue weighted by molar-refractivity contribution is -0.247. The lowest BCUT2D eigenvalue weighted by Crippen LogP contribution is -2.45. The molecule has 0 aliphatic carbocycles. The van der Waals surface area contributed by atoms with Gasteiger partial charge in [-0.1, -0.05) is 6.07 Å². The van der Waals surface area contributed by atoms with Crippen molar-refractivity contribution in [1.82, 2.24) is 0 Å². The van der Waals surface area contributed by atoms with Crippen LogP contribution in [0.3, 0.4) is 0 Å². The molecule has 1 saturated heterocycles. The molecule has 1 aliphatic heterocycles. The topological polar surface area (TPSA) is 30.5 Å². The number of hydrogen-bond donors (Lipinski definition) is 1. The first-order valence-electron chi connectivity index (χ1n) is 5.77. The maximum absolute atomic E-state index is 13.5. The molecule has 4 heteroatoms. The minimum atomic E-state index is -0.538. The maximum Gasteiger partial charge on any atom is 0.162 e. The van der Waals surface area contributed by atoms with Crippen molar-refractivity contribution < 1.29 is 13.9 Å². The van der Waals surface area contributed by atoms with Crippen LogP contribution in [0, 0.1) is 12.7 Å². The van der Waals surface area contributed by atoms with Crippen LogP contribution < -0.4 is 5.32 Å². The second-order valence-electron chi connectivity index (χ2n) is 4.85. The van der Waals surface area contributed by atoms with Gasteiger partial charge in [-0.05, 0) is 38.5 Å². The zero-order valence-corrected chi connectivity index (χ0v) is 10.4. The Morgan fingerprint density at radius 3 is 2.59 bits per heavy atom. The van der Waals surface area contributed by atoms with Crippen LogP contribution in [0.1, 0.15) is 19.4 Å². The zero-order valence-electron chi connectivity index (χ0n) is 10.4. The molecule has 3 nitrogen and oxygen atoms in total. The van der Waals surface area contributed by atoms with Crippen molar-refractivity contribution in [2.75, 3.05) is 18.5 Å². The largest absolute Gasteiger partial charge is 0.375 e. The van der Waals surface area contributed by atoms with Gasteiger partial charge in [-0.3, -0.25) is 0 Å². The van der Waals surface area contributed by atoms with E-state index < -0.39 is 5.79 Å². The first kappa shape index (κ1) is 12.3. The molecule has 1 heterocycles. The summed E-state index contributed by atoms with van der Waals surface area (Å²) >= 11 is 0. The Morgan fingerprint density at radius 1 is 1.29 bits per heavy atom. The van der Waals surface area contributed by atoms with Gasteiger partial charge in [0.05, 0.1) is 24.9 Å². The van der Waals surface area contributed by atoms with E-state index in [9.17, 15) is 4.39 Å². The van der Waals surface area contributed by atoms with Crippen LogP contribution in [0.25, 0.3) is 0 Å². The molecule has 1 aromatic carbocycles. The van der Waals surface area contributed by atoms with Crippen LogP contribution in [0.4, 0.5) is 10.1 Å². The van der Waals surface area contributed by atoms with Gasteiger partial charge in [-0.15, -0.1) is 0 Å². The van der Waals surface area contributed by atoms with E-state index in [0.717, 1.165) is 5.56 Å². The molecule has 0 aromatic heterocycles. The van der Waals surface area contributed by atoms with Gasteiger partial charge < -0.3 is 14.8 Å². The van der Waals surface area contributed by atoms with Crippen LogP contribution in [-0.2, 0) is 9.47 Å². The van der Waals surface area contributed by atoms with E-state index in [1.54, 1.807) is 12.1 Å². The molecule has 94 valence electrons.